The Morgan fingerprint density at radius 2 is 1.94 bits per heavy atom. The van der Waals surface area contributed by atoms with E-state index in [0.717, 1.165) is 22.3 Å². The minimum absolute atomic E-state index is 0.0343. The second-order valence-corrected chi connectivity index (χ2v) is 8.86. The van der Waals surface area contributed by atoms with Gasteiger partial charge < -0.3 is 16.0 Å². The first-order valence-corrected chi connectivity index (χ1v) is 11.4. The Kier molecular flexibility index (Phi) is 5.69. The number of benzene rings is 2. The number of nitrogens with zero attached hydrogens (tertiary/aromatic N) is 3. The number of rotatable bonds is 3. The number of amides is 3. The predicted molar refractivity (Wildman–Crippen MR) is 125 cm³/mol. The van der Waals surface area contributed by atoms with Crippen LogP contribution in [0.1, 0.15) is 33.4 Å². The van der Waals surface area contributed by atoms with Crippen LogP contribution in [-0.2, 0) is 11.2 Å². The molecule has 2 aromatic heterocycles. The van der Waals surface area contributed by atoms with Gasteiger partial charge in [-0.1, -0.05) is 11.6 Å². The van der Waals surface area contributed by atoms with Crippen molar-refractivity contribution >= 4 is 56.9 Å². The Labute approximate surface area is 205 Å². The number of halogens is 3. The number of fused-ring (bicyclic) bond motifs is 2. The predicted octanol–water partition coefficient (Wildman–Crippen LogP) is 3.63. The molecule has 1 atom stereocenters. The molecule has 1 aliphatic heterocycles. The fourth-order valence-corrected chi connectivity index (χ4v) is 4.93. The second-order valence-electron chi connectivity index (χ2n) is 7.64. The number of carbonyl (C=O) groups is 3. The van der Waals surface area contributed by atoms with Crippen molar-refractivity contribution in [3.8, 4) is 0 Å². The number of anilines is 1. The average molecular weight is 517 g/mol. The van der Waals surface area contributed by atoms with Gasteiger partial charge in [0.15, 0.2) is 5.82 Å². The molecule has 9 nitrogen and oxygen atoms in total. The van der Waals surface area contributed by atoms with Crippen molar-refractivity contribution in [2.75, 3.05) is 12.4 Å². The number of nitrogens with one attached hydrogen (secondary N) is 3. The van der Waals surface area contributed by atoms with Gasteiger partial charge in [-0.3, -0.25) is 9.59 Å². The van der Waals surface area contributed by atoms with Crippen molar-refractivity contribution in [2.45, 2.75) is 12.5 Å². The van der Waals surface area contributed by atoms with Crippen molar-refractivity contribution in [3.05, 3.63) is 75.6 Å². The molecule has 35 heavy (non-hydrogen) atoms. The van der Waals surface area contributed by atoms with Gasteiger partial charge in [0.2, 0.25) is 5.91 Å². The maximum atomic E-state index is 14.1. The Morgan fingerprint density at radius 1 is 1.20 bits per heavy atom. The fourth-order valence-electron chi connectivity index (χ4n) is 3.95. The number of hydrogen-bond donors (Lipinski definition) is 3. The van der Waals surface area contributed by atoms with E-state index in [0.29, 0.717) is 10.1 Å². The molecular weight excluding hydrogens is 502 g/mol. The summed E-state index contributed by atoms with van der Waals surface area (Å²) in [6.07, 6.45) is -0.222. The van der Waals surface area contributed by atoms with E-state index < -0.39 is 35.5 Å². The fraction of sp³-hybridized carbons (Fsp3) is 0.136. The van der Waals surface area contributed by atoms with Gasteiger partial charge in [0, 0.05) is 28.6 Å². The van der Waals surface area contributed by atoms with E-state index in [2.05, 4.69) is 25.4 Å². The van der Waals surface area contributed by atoms with E-state index in [4.69, 9.17) is 11.6 Å². The summed E-state index contributed by atoms with van der Waals surface area (Å²) in [6, 6.07) is 5.97. The first-order valence-electron chi connectivity index (χ1n) is 10.2. The largest absolute Gasteiger partial charge is 0.345 e. The molecule has 13 heteroatoms. The van der Waals surface area contributed by atoms with E-state index in [1.54, 1.807) is 0 Å². The highest BCUT2D eigenvalue weighted by Crippen LogP contribution is 2.38. The SMILES string of the molecule is CNC(=O)n1nc(NC(=O)c2nsc3ccc(F)cc23)c2c1CC(=O)NC2c1cc(F)ccc1Cl. The number of aromatic nitrogens is 3. The van der Waals surface area contributed by atoms with Crippen LogP contribution in [-0.4, -0.2) is 39.0 Å². The molecule has 1 unspecified atom stereocenters. The molecule has 0 saturated heterocycles. The lowest BCUT2D eigenvalue weighted by Crippen LogP contribution is -2.38. The third kappa shape index (κ3) is 4.00. The topological polar surface area (TPSA) is 118 Å². The highest BCUT2D eigenvalue weighted by Gasteiger charge is 2.36. The Bertz CT molecular complexity index is 1540. The molecule has 0 spiro atoms. The third-order valence-electron chi connectivity index (χ3n) is 5.50. The summed E-state index contributed by atoms with van der Waals surface area (Å²) in [4.78, 5) is 38.2. The quantitative estimate of drug-likeness (QED) is 0.384. The Hall–Kier alpha value is -3.90. The van der Waals surface area contributed by atoms with Gasteiger partial charge in [-0.2, -0.15) is 9.06 Å². The van der Waals surface area contributed by atoms with Crippen molar-refractivity contribution in [1.29, 1.82) is 0 Å². The van der Waals surface area contributed by atoms with Crippen molar-refractivity contribution < 1.29 is 23.2 Å². The van der Waals surface area contributed by atoms with Gasteiger partial charge in [-0.05, 0) is 47.9 Å². The van der Waals surface area contributed by atoms with Crippen LogP contribution in [0.5, 0.6) is 0 Å². The molecule has 0 saturated carbocycles. The Morgan fingerprint density at radius 3 is 2.71 bits per heavy atom. The first-order chi connectivity index (χ1) is 16.8. The monoisotopic (exact) mass is 516 g/mol. The van der Waals surface area contributed by atoms with E-state index in [1.807, 2.05) is 0 Å². The maximum Gasteiger partial charge on any atom is 0.342 e. The van der Waals surface area contributed by atoms with Gasteiger partial charge in [0.25, 0.3) is 5.91 Å². The van der Waals surface area contributed by atoms with Gasteiger partial charge in [-0.25, -0.2) is 13.6 Å². The molecule has 0 bridgehead atoms. The van der Waals surface area contributed by atoms with Crippen molar-refractivity contribution in [3.63, 3.8) is 0 Å². The van der Waals surface area contributed by atoms with Crippen LogP contribution in [0.2, 0.25) is 5.02 Å². The van der Waals surface area contributed by atoms with Gasteiger partial charge in [0.05, 0.1) is 22.9 Å². The van der Waals surface area contributed by atoms with Gasteiger partial charge in [-0.15, -0.1) is 5.10 Å². The van der Waals surface area contributed by atoms with Crippen LogP contribution in [0.3, 0.4) is 0 Å². The standard InChI is InChI=1S/C22H15ClF2N6O3S/c1-26-22(34)31-14-8-16(32)27-18(11-6-9(24)2-4-13(11)23)17(14)20(29-31)28-21(33)19-12-7-10(25)3-5-15(12)35-30-19/h2-7,18H,8H2,1H3,(H,26,34)(H,27,32)(H,28,29,33). The van der Waals surface area contributed by atoms with Crippen molar-refractivity contribution in [1.82, 2.24) is 24.8 Å². The Balaban J connectivity index is 1.64. The number of carbonyl (C=O) groups excluding carboxylic acids is 3. The van der Waals surface area contributed by atoms with Crippen molar-refractivity contribution in [2.24, 2.45) is 0 Å². The van der Waals surface area contributed by atoms with E-state index >= 15 is 0 Å². The average Bonchev–Trinajstić information content (AvgIpc) is 3.41. The lowest BCUT2D eigenvalue weighted by atomic mass is 9.93. The van der Waals surface area contributed by atoms with E-state index in [-0.39, 0.29) is 39.8 Å². The molecule has 3 N–H and O–H groups in total. The maximum absolute atomic E-state index is 14.1. The zero-order valence-corrected chi connectivity index (χ0v) is 19.4. The lowest BCUT2D eigenvalue weighted by Gasteiger charge is -2.26. The highest BCUT2D eigenvalue weighted by atomic mass is 35.5. The molecule has 0 radical (unpaired) electrons. The summed E-state index contributed by atoms with van der Waals surface area (Å²) in [5.41, 5.74) is 0.643. The van der Waals surface area contributed by atoms with Crippen LogP contribution >= 0.6 is 23.1 Å². The van der Waals surface area contributed by atoms with Crippen LogP contribution in [0, 0.1) is 11.6 Å². The van der Waals surface area contributed by atoms with Gasteiger partial charge >= 0.3 is 6.03 Å². The summed E-state index contributed by atoms with van der Waals surface area (Å²) >= 11 is 7.33. The number of hydrogen-bond acceptors (Lipinski definition) is 6. The van der Waals surface area contributed by atoms with Crippen LogP contribution in [0.4, 0.5) is 19.4 Å². The molecule has 4 aromatic rings. The van der Waals surface area contributed by atoms with E-state index in [9.17, 15) is 23.2 Å². The third-order valence-corrected chi connectivity index (χ3v) is 6.67. The molecule has 3 heterocycles. The summed E-state index contributed by atoms with van der Waals surface area (Å²) in [5, 5.41) is 12.5. The van der Waals surface area contributed by atoms with Crippen LogP contribution in [0.15, 0.2) is 36.4 Å². The summed E-state index contributed by atoms with van der Waals surface area (Å²) < 4.78 is 33.6. The molecule has 1 aliphatic rings. The summed E-state index contributed by atoms with van der Waals surface area (Å²) in [7, 11) is 1.38. The minimum Gasteiger partial charge on any atom is -0.345 e. The van der Waals surface area contributed by atoms with Crippen LogP contribution < -0.4 is 16.0 Å². The molecule has 5 rings (SSSR count). The molecule has 178 valence electrons. The van der Waals surface area contributed by atoms with Crippen LogP contribution in [0.25, 0.3) is 10.1 Å². The highest BCUT2D eigenvalue weighted by molar-refractivity contribution is 7.13. The molecule has 0 fully saturated rings. The molecule has 3 amide bonds. The smallest absolute Gasteiger partial charge is 0.342 e. The molecule has 0 aliphatic carbocycles. The zero-order valence-electron chi connectivity index (χ0n) is 17.9. The summed E-state index contributed by atoms with van der Waals surface area (Å²) in [5.74, 6) is -2.34. The minimum atomic E-state index is -1.01. The zero-order chi connectivity index (χ0) is 24.9. The van der Waals surface area contributed by atoms with E-state index in [1.165, 1.54) is 37.4 Å². The normalized spacial score (nSPS) is 15.0. The first kappa shape index (κ1) is 22.9. The van der Waals surface area contributed by atoms with Gasteiger partial charge in [0.1, 0.15) is 17.3 Å². The second kappa shape index (κ2) is 8.71. The molecular formula is C22H15ClF2N6O3S. The summed E-state index contributed by atoms with van der Waals surface area (Å²) in [6.45, 7) is 0. The lowest BCUT2D eigenvalue weighted by molar-refractivity contribution is -0.121. The molecule has 2 aromatic carbocycles.